The van der Waals surface area contributed by atoms with Crippen LogP contribution < -0.4 is 5.30 Å². The van der Waals surface area contributed by atoms with E-state index in [0.717, 1.165) is 0 Å². The Hall–Kier alpha value is -0.154. The summed E-state index contributed by atoms with van der Waals surface area (Å²) in [5.74, 6) is 0. The monoisotopic (exact) mass is 312 g/mol. The molecule has 0 bridgehead atoms. The van der Waals surface area contributed by atoms with Crippen molar-refractivity contribution in [3.8, 4) is 0 Å². The second kappa shape index (κ2) is 10.6. The predicted molar refractivity (Wildman–Crippen MR) is 86.8 cm³/mol. The Kier molecular flexibility index (Phi) is 10.5. The summed E-state index contributed by atoms with van der Waals surface area (Å²) in [6, 6.07) is 15.7. The van der Waals surface area contributed by atoms with Gasteiger partial charge in [0.25, 0.3) is 0 Å². The van der Waals surface area contributed by atoms with E-state index >= 15 is 0 Å². The molecule has 0 spiro atoms. The van der Waals surface area contributed by atoms with Gasteiger partial charge in [0.1, 0.15) is 0 Å². The first-order valence-electron chi connectivity index (χ1n) is 6.04. The van der Waals surface area contributed by atoms with Crippen molar-refractivity contribution in [3.63, 3.8) is 0 Å². The van der Waals surface area contributed by atoms with Gasteiger partial charge in [-0.15, -0.1) is 0 Å². The van der Waals surface area contributed by atoms with Gasteiger partial charge in [-0.25, -0.2) is 4.79 Å². The van der Waals surface area contributed by atoms with Crippen molar-refractivity contribution >= 4 is 70.5 Å². The number of benzene rings is 2. The standard InChI is InChI=1S/C9H12.C7H6O2P.K/c1-7-4-8(2)6-9(3)5-7;8-6-10(9)7-4-2-1-3-5-7;/h4-6H,1-3H3;1-6H;/q;+1;. The molecule has 2 nitrogen and oxygen atoms in total. The quantitative estimate of drug-likeness (QED) is 0.483. The summed E-state index contributed by atoms with van der Waals surface area (Å²) in [6.07, 6.45) is 0. The summed E-state index contributed by atoms with van der Waals surface area (Å²) in [6.45, 7) is 6.38. The van der Waals surface area contributed by atoms with Crippen molar-refractivity contribution in [1.82, 2.24) is 0 Å². The number of carbonyl (C=O) groups is 1. The first-order chi connectivity index (χ1) is 9.02. The SMILES string of the molecule is Cc1cc(C)cc(C)c1.O=C[P+](=O)c1ccccc1.[K]. The summed E-state index contributed by atoms with van der Waals surface area (Å²) in [5, 5.41) is 0.590. The molecule has 2 aromatic rings. The third-order valence-electron chi connectivity index (χ3n) is 2.47. The number of carbonyl (C=O) groups excluding carboxylic acids is 1. The molecule has 0 aliphatic carbocycles. The zero-order chi connectivity index (χ0) is 14.3. The molecular weight excluding hydrogens is 294 g/mol. The van der Waals surface area contributed by atoms with Crippen molar-refractivity contribution in [3.05, 3.63) is 65.2 Å². The van der Waals surface area contributed by atoms with Gasteiger partial charge in [-0.3, -0.25) is 0 Å². The molecular formula is C16H18KO2P+. The molecule has 0 aliphatic rings. The van der Waals surface area contributed by atoms with Crippen LogP contribution in [0.4, 0.5) is 0 Å². The van der Waals surface area contributed by atoms with Gasteiger partial charge in [0.2, 0.25) is 0 Å². The van der Waals surface area contributed by atoms with Gasteiger partial charge >= 0.3 is 13.8 Å². The van der Waals surface area contributed by atoms with Crippen molar-refractivity contribution in [1.29, 1.82) is 0 Å². The zero-order valence-corrected chi connectivity index (χ0v) is 16.5. The van der Waals surface area contributed by atoms with Gasteiger partial charge in [-0.05, 0) is 32.9 Å². The second-order valence-corrected chi connectivity index (χ2v) is 5.81. The zero-order valence-electron chi connectivity index (χ0n) is 12.5. The fourth-order valence-corrected chi connectivity index (χ4v) is 2.43. The van der Waals surface area contributed by atoms with Gasteiger partial charge in [0, 0.05) is 51.4 Å². The van der Waals surface area contributed by atoms with Crippen LogP contribution in [0.25, 0.3) is 0 Å². The molecule has 0 N–H and O–H groups in total. The van der Waals surface area contributed by atoms with Crippen LogP contribution in [0.2, 0.25) is 0 Å². The molecule has 1 atom stereocenters. The first kappa shape index (κ1) is 19.8. The van der Waals surface area contributed by atoms with Crippen molar-refractivity contribution < 1.29 is 9.36 Å². The van der Waals surface area contributed by atoms with Crippen LogP contribution in [0.5, 0.6) is 0 Å². The largest absolute Gasteiger partial charge is 0.449 e. The van der Waals surface area contributed by atoms with Crippen LogP contribution in [0.15, 0.2) is 48.5 Å². The summed E-state index contributed by atoms with van der Waals surface area (Å²) in [4.78, 5) is 10.0. The van der Waals surface area contributed by atoms with E-state index in [4.69, 9.17) is 0 Å². The van der Waals surface area contributed by atoms with Gasteiger partial charge in [-0.2, -0.15) is 0 Å². The number of hydrogen-bond donors (Lipinski definition) is 0. The summed E-state index contributed by atoms with van der Waals surface area (Å²) < 4.78 is 10.8. The predicted octanol–water partition coefficient (Wildman–Crippen LogP) is 3.56. The van der Waals surface area contributed by atoms with Gasteiger partial charge < -0.3 is 0 Å². The molecule has 0 saturated heterocycles. The molecule has 0 aliphatic heterocycles. The molecule has 1 radical (unpaired) electrons. The van der Waals surface area contributed by atoms with E-state index in [9.17, 15) is 9.36 Å². The molecule has 0 amide bonds. The van der Waals surface area contributed by atoms with Crippen LogP contribution in [-0.2, 0) is 9.36 Å². The molecule has 99 valence electrons. The maximum Gasteiger partial charge on any atom is 0.449 e. The minimum Gasteiger partial charge on any atom is -0.243 e. The Morgan fingerprint density at radius 1 is 0.850 bits per heavy atom. The van der Waals surface area contributed by atoms with Crippen LogP contribution in [0.1, 0.15) is 16.7 Å². The molecule has 20 heavy (non-hydrogen) atoms. The third-order valence-corrected chi connectivity index (χ3v) is 3.47. The summed E-state index contributed by atoms with van der Waals surface area (Å²) in [5.41, 5.74) is 4.06. The summed E-state index contributed by atoms with van der Waals surface area (Å²) >= 11 is 0. The second-order valence-electron chi connectivity index (χ2n) is 4.43. The van der Waals surface area contributed by atoms with E-state index in [0.29, 0.717) is 11.3 Å². The smallest absolute Gasteiger partial charge is 0.243 e. The van der Waals surface area contributed by atoms with E-state index in [1.165, 1.54) is 16.7 Å². The maximum absolute atomic E-state index is 10.8. The fourth-order valence-electron chi connectivity index (χ4n) is 1.84. The fraction of sp³-hybridized carbons (Fsp3) is 0.188. The topological polar surface area (TPSA) is 34.1 Å². The Labute approximate surface area is 164 Å². The Morgan fingerprint density at radius 3 is 1.60 bits per heavy atom. The minimum atomic E-state index is -1.80. The van der Waals surface area contributed by atoms with Gasteiger partial charge in [0.05, 0.1) is 0 Å². The summed E-state index contributed by atoms with van der Waals surface area (Å²) in [7, 11) is -1.80. The van der Waals surface area contributed by atoms with Gasteiger partial charge in [0.15, 0.2) is 5.30 Å². The Bertz CT molecular complexity index is 517. The normalized spacial score (nSPS) is 9.65. The third kappa shape index (κ3) is 7.58. The Balaban J connectivity index is 0.000000345. The molecule has 2 aromatic carbocycles. The van der Waals surface area contributed by atoms with Crippen LogP contribution in [-0.4, -0.2) is 57.4 Å². The minimum absolute atomic E-state index is 0. The Morgan fingerprint density at radius 2 is 1.25 bits per heavy atom. The van der Waals surface area contributed by atoms with Crippen LogP contribution in [0.3, 0.4) is 0 Å². The average molecular weight is 312 g/mol. The van der Waals surface area contributed by atoms with E-state index < -0.39 is 7.80 Å². The molecule has 0 heterocycles. The van der Waals surface area contributed by atoms with Crippen LogP contribution in [0, 0.1) is 20.8 Å². The van der Waals surface area contributed by atoms with Crippen molar-refractivity contribution in [2.75, 3.05) is 0 Å². The maximum atomic E-state index is 10.8. The van der Waals surface area contributed by atoms with E-state index in [2.05, 4.69) is 39.0 Å². The number of aryl methyl sites for hydroxylation is 3. The van der Waals surface area contributed by atoms with E-state index in [-0.39, 0.29) is 51.4 Å². The molecule has 2 rings (SSSR count). The molecule has 0 fully saturated rings. The van der Waals surface area contributed by atoms with E-state index in [1.807, 2.05) is 6.07 Å². The molecule has 0 aromatic heterocycles. The average Bonchev–Trinajstić information content (AvgIpc) is 2.38. The van der Waals surface area contributed by atoms with Gasteiger partial charge in [-0.1, -0.05) is 57.7 Å². The van der Waals surface area contributed by atoms with Crippen molar-refractivity contribution in [2.45, 2.75) is 20.8 Å². The first-order valence-corrected chi connectivity index (χ1v) is 7.37. The molecule has 0 saturated carbocycles. The number of rotatable bonds is 2. The van der Waals surface area contributed by atoms with Crippen LogP contribution >= 0.6 is 7.80 Å². The molecule has 1 unspecified atom stereocenters. The molecule has 4 heteroatoms. The van der Waals surface area contributed by atoms with Crippen molar-refractivity contribution in [2.24, 2.45) is 0 Å². The van der Waals surface area contributed by atoms with E-state index in [1.54, 1.807) is 24.3 Å². The number of hydrogen-bond acceptors (Lipinski definition) is 2.